The van der Waals surface area contributed by atoms with E-state index in [-0.39, 0.29) is 30.6 Å². The maximum absolute atomic E-state index is 11.7. The molecule has 1 amide bonds. The third-order valence-electron chi connectivity index (χ3n) is 7.84. The van der Waals surface area contributed by atoms with Gasteiger partial charge in [0.15, 0.2) is 17.8 Å². The molecule has 1 saturated heterocycles. The molecular weight excluding hydrogens is 508 g/mol. The van der Waals surface area contributed by atoms with Gasteiger partial charge in [0.25, 0.3) is 0 Å². The number of amides is 1. The highest BCUT2D eigenvalue weighted by Gasteiger charge is 2.39. The van der Waals surface area contributed by atoms with Gasteiger partial charge >= 0.3 is 0 Å². The van der Waals surface area contributed by atoms with Crippen LogP contribution in [0.1, 0.15) is 54.1 Å². The predicted octanol–water partition coefficient (Wildman–Crippen LogP) is 5.00. The highest BCUT2D eigenvalue weighted by molar-refractivity contribution is 5.88. The standard InChI is InChI=1S/C32H38N2O6/c1-20-30(18-34-13-12-24-15-28(37-3)29(38-4)16-26(24)17-34)39-32(25-6-5-7-27(14-25)33-21(2)36)40-31(20)23-10-8-22(19-35)9-11-23/h5-11,14-16,20,30-32,35H,12-13,17-19H2,1-4H3,(H,33,36). The number of aliphatic hydroxyl groups excluding tert-OH is 1. The quantitative estimate of drug-likeness (QED) is 0.411. The minimum absolute atomic E-state index is 0.00124. The van der Waals surface area contributed by atoms with E-state index in [4.69, 9.17) is 18.9 Å². The molecule has 0 radical (unpaired) electrons. The molecule has 8 nitrogen and oxygen atoms in total. The van der Waals surface area contributed by atoms with Crippen molar-refractivity contribution in [2.45, 2.75) is 51.9 Å². The zero-order valence-electron chi connectivity index (χ0n) is 23.6. The van der Waals surface area contributed by atoms with Gasteiger partial charge in [-0.1, -0.05) is 43.3 Å². The zero-order valence-corrected chi connectivity index (χ0v) is 23.6. The normalized spacial score (nSPS) is 22.8. The summed E-state index contributed by atoms with van der Waals surface area (Å²) in [7, 11) is 3.33. The van der Waals surface area contributed by atoms with Gasteiger partial charge in [0.2, 0.25) is 5.91 Å². The maximum atomic E-state index is 11.7. The Morgan fingerprint density at radius 3 is 2.40 bits per heavy atom. The first-order valence-electron chi connectivity index (χ1n) is 13.7. The van der Waals surface area contributed by atoms with Crippen LogP contribution in [-0.4, -0.2) is 49.3 Å². The van der Waals surface area contributed by atoms with Crippen LogP contribution in [0, 0.1) is 5.92 Å². The fourth-order valence-corrected chi connectivity index (χ4v) is 5.65. The van der Waals surface area contributed by atoms with Crippen molar-refractivity contribution in [1.82, 2.24) is 4.90 Å². The van der Waals surface area contributed by atoms with Gasteiger partial charge in [-0.25, -0.2) is 0 Å². The van der Waals surface area contributed by atoms with Crippen molar-refractivity contribution in [3.8, 4) is 11.5 Å². The van der Waals surface area contributed by atoms with E-state index in [1.807, 2.05) is 48.5 Å². The van der Waals surface area contributed by atoms with E-state index >= 15 is 0 Å². The van der Waals surface area contributed by atoms with Crippen LogP contribution in [0.4, 0.5) is 5.69 Å². The topological polar surface area (TPSA) is 89.5 Å². The summed E-state index contributed by atoms with van der Waals surface area (Å²) in [5.41, 5.74) is 5.97. The van der Waals surface area contributed by atoms with E-state index in [0.29, 0.717) is 5.69 Å². The first-order chi connectivity index (χ1) is 19.4. The smallest absolute Gasteiger partial charge is 0.221 e. The summed E-state index contributed by atoms with van der Waals surface area (Å²) >= 11 is 0. The van der Waals surface area contributed by atoms with E-state index < -0.39 is 6.29 Å². The Morgan fingerprint density at radius 1 is 1.00 bits per heavy atom. The van der Waals surface area contributed by atoms with Crippen LogP contribution in [-0.2, 0) is 33.8 Å². The van der Waals surface area contributed by atoms with Crippen molar-refractivity contribution < 1.29 is 28.8 Å². The number of methoxy groups -OCH3 is 2. The third-order valence-corrected chi connectivity index (χ3v) is 7.84. The molecule has 0 bridgehead atoms. The SMILES string of the molecule is COc1cc2c(cc1OC)CN(CC1OC(c3cccc(NC(C)=O)c3)OC(c3ccc(CO)cc3)C1C)CC2. The number of carbonyl (C=O) groups is 1. The molecule has 5 rings (SSSR count). The van der Waals surface area contributed by atoms with Gasteiger partial charge in [-0.3, -0.25) is 9.69 Å². The number of ether oxygens (including phenoxy) is 4. The summed E-state index contributed by atoms with van der Waals surface area (Å²) in [6.07, 6.45) is 0.00947. The highest BCUT2D eigenvalue weighted by atomic mass is 16.7. The average molecular weight is 547 g/mol. The second-order valence-electron chi connectivity index (χ2n) is 10.6. The number of hydrogen-bond donors (Lipinski definition) is 2. The molecule has 2 N–H and O–H groups in total. The van der Waals surface area contributed by atoms with Crippen LogP contribution in [0.3, 0.4) is 0 Å². The molecule has 0 aromatic heterocycles. The van der Waals surface area contributed by atoms with Crippen LogP contribution in [0.2, 0.25) is 0 Å². The van der Waals surface area contributed by atoms with Crippen molar-refractivity contribution >= 4 is 11.6 Å². The molecule has 3 aromatic carbocycles. The first kappa shape index (κ1) is 28.1. The van der Waals surface area contributed by atoms with Gasteiger partial charge in [-0.2, -0.15) is 0 Å². The summed E-state index contributed by atoms with van der Waals surface area (Å²) < 4.78 is 24.3. The highest BCUT2D eigenvalue weighted by Crippen LogP contribution is 2.42. The summed E-state index contributed by atoms with van der Waals surface area (Å²) in [4.78, 5) is 14.1. The molecule has 212 valence electrons. The number of anilines is 1. The van der Waals surface area contributed by atoms with Gasteiger partial charge in [-0.05, 0) is 52.9 Å². The van der Waals surface area contributed by atoms with Crippen molar-refractivity contribution in [2.24, 2.45) is 5.92 Å². The lowest BCUT2D eigenvalue weighted by molar-refractivity contribution is -0.276. The van der Waals surface area contributed by atoms with Gasteiger partial charge < -0.3 is 29.4 Å². The Morgan fingerprint density at radius 2 is 1.73 bits per heavy atom. The number of aliphatic hydroxyl groups is 1. The van der Waals surface area contributed by atoms with Crippen LogP contribution >= 0.6 is 0 Å². The average Bonchev–Trinajstić information content (AvgIpc) is 2.97. The molecule has 4 unspecified atom stereocenters. The zero-order chi connectivity index (χ0) is 28.2. The van der Waals surface area contributed by atoms with E-state index in [2.05, 4.69) is 29.3 Å². The van der Waals surface area contributed by atoms with E-state index in [1.165, 1.54) is 18.1 Å². The summed E-state index contributed by atoms with van der Waals surface area (Å²) in [5.74, 6) is 1.44. The Labute approximate surface area is 235 Å². The first-order valence-corrected chi connectivity index (χ1v) is 13.7. The summed E-state index contributed by atoms with van der Waals surface area (Å²) in [6.45, 7) is 6.11. The molecule has 8 heteroatoms. The number of benzene rings is 3. The lowest BCUT2D eigenvalue weighted by Crippen LogP contribution is -2.45. The van der Waals surface area contributed by atoms with Crippen molar-refractivity contribution in [3.05, 3.63) is 88.5 Å². The molecule has 0 aliphatic carbocycles. The minimum atomic E-state index is -0.598. The molecule has 2 aliphatic heterocycles. The van der Waals surface area contributed by atoms with Crippen molar-refractivity contribution in [2.75, 3.05) is 32.6 Å². The third kappa shape index (κ3) is 6.15. The van der Waals surface area contributed by atoms with Crippen LogP contribution in [0.15, 0.2) is 60.7 Å². The van der Waals surface area contributed by atoms with E-state index in [0.717, 1.165) is 54.2 Å². The van der Waals surface area contributed by atoms with Crippen molar-refractivity contribution in [1.29, 1.82) is 0 Å². The number of rotatable bonds is 8. The monoisotopic (exact) mass is 546 g/mol. The minimum Gasteiger partial charge on any atom is -0.493 e. The van der Waals surface area contributed by atoms with Gasteiger partial charge in [0.1, 0.15) is 0 Å². The molecule has 40 heavy (non-hydrogen) atoms. The summed E-state index contributed by atoms with van der Waals surface area (Å²) in [6, 6.07) is 19.7. The Balaban J connectivity index is 1.40. The fraction of sp³-hybridized carbons (Fsp3) is 0.406. The summed E-state index contributed by atoms with van der Waals surface area (Å²) in [5, 5.41) is 12.4. The lowest BCUT2D eigenvalue weighted by Gasteiger charge is -2.43. The molecule has 0 saturated carbocycles. The molecule has 4 atom stereocenters. The van der Waals surface area contributed by atoms with Crippen molar-refractivity contribution in [3.63, 3.8) is 0 Å². The second-order valence-corrected chi connectivity index (χ2v) is 10.6. The molecule has 3 aromatic rings. The van der Waals surface area contributed by atoms with Gasteiger partial charge in [0.05, 0.1) is 33.0 Å². The molecule has 0 spiro atoms. The molecule has 2 aliphatic rings. The Bertz CT molecular complexity index is 1330. The molecule has 1 fully saturated rings. The maximum Gasteiger partial charge on any atom is 0.221 e. The Kier molecular flexibility index (Phi) is 8.71. The second kappa shape index (κ2) is 12.4. The molecular formula is C32H38N2O6. The van der Waals surface area contributed by atoms with Gasteiger partial charge in [-0.15, -0.1) is 0 Å². The number of hydrogen-bond acceptors (Lipinski definition) is 7. The fourth-order valence-electron chi connectivity index (χ4n) is 5.65. The number of nitrogens with one attached hydrogen (secondary N) is 1. The predicted molar refractivity (Wildman–Crippen MR) is 152 cm³/mol. The number of nitrogens with zero attached hydrogens (tertiary/aromatic N) is 1. The van der Waals surface area contributed by atoms with Crippen LogP contribution in [0.5, 0.6) is 11.5 Å². The molecule has 2 heterocycles. The van der Waals surface area contributed by atoms with Gasteiger partial charge in [0, 0.05) is 43.7 Å². The van der Waals surface area contributed by atoms with E-state index in [9.17, 15) is 9.90 Å². The number of fused-ring (bicyclic) bond motifs is 1. The van der Waals surface area contributed by atoms with Crippen LogP contribution < -0.4 is 14.8 Å². The van der Waals surface area contributed by atoms with E-state index in [1.54, 1.807) is 14.2 Å². The number of carbonyl (C=O) groups excluding carboxylic acids is 1. The largest absolute Gasteiger partial charge is 0.493 e. The lowest BCUT2D eigenvalue weighted by atomic mass is 9.89. The Hall–Kier alpha value is -3.43. The van der Waals surface area contributed by atoms with Crippen LogP contribution in [0.25, 0.3) is 0 Å².